The molecule has 6 heteroatoms. The summed E-state index contributed by atoms with van der Waals surface area (Å²) in [5.41, 5.74) is 0.748. The van der Waals surface area contributed by atoms with Crippen LogP contribution in [-0.2, 0) is 17.8 Å². The number of nitrogens with zero attached hydrogens (tertiary/aromatic N) is 2. The van der Waals surface area contributed by atoms with Crippen LogP contribution in [0.2, 0.25) is 0 Å². The summed E-state index contributed by atoms with van der Waals surface area (Å²) in [5, 5.41) is 2.85. The molecule has 4 nitrogen and oxygen atoms in total. The van der Waals surface area contributed by atoms with E-state index in [1.807, 2.05) is 4.57 Å². The van der Waals surface area contributed by atoms with Gasteiger partial charge in [0.1, 0.15) is 17.5 Å². The van der Waals surface area contributed by atoms with Crippen molar-refractivity contribution in [1.29, 1.82) is 0 Å². The third-order valence-electron chi connectivity index (χ3n) is 3.73. The number of imidazole rings is 1. The van der Waals surface area contributed by atoms with Gasteiger partial charge in [-0.15, -0.1) is 0 Å². The Balaban J connectivity index is 1.84. The van der Waals surface area contributed by atoms with Gasteiger partial charge in [0, 0.05) is 36.8 Å². The van der Waals surface area contributed by atoms with Crippen molar-refractivity contribution in [3.63, 3.8) is 0 Å². The lowest BCUT2D eigenvalue weighted by atomic mass is 10.1. The lowest BCUT2D eigenvalue weighted by molar-refractivity contribution is -0.117. The van der Waals surface area contributed by atoms with Crippen molar-refractivity contribution >= 4 is 5.91 Å². The number of aryl methyl sites for hydroxylation is 1. The predicted molar refractivity (Wildman–Crippen MR) is 78.0 cm³/mol. The molecular weight excluding hydrogens is 288 g/mol. The molecule has 1 atom stereocenters. The molecule has 2 heterocycles. The summed E-state index contributed by atoms with van der Waals surface area (Å²) in [6.07, 6.45) is 4.42. The van der Waals surface area contributed by atoms with Crippen LogP contribution >= 0.6 is 0 Å². The molecule has 1 aliphatic heterocycles. The Morgan fingerprint density at radius 3 is 3.00 bits per heavy atom. The molecule has 22 heavy (non-hydrogen) atoms. The molecule has 2 aromatic rings. The molecule has 0 saturated carbocycles. The lowest BCUT2D eigenvalue weighted by Crippen LogP contribution is -2.40. The van der Waals surface area contributed by atoms with Gasteiger partial charge in [-0.05, 0) is 24.6 Å². The minimum absolute atomic E-state index is 0.00175. The minimum atomic E-state index is -0.632. The topological polar surface area (TPSA) is 46.9 Å². The van der Waals surface area contributed by atoms with Crippen LogP contribution in [0.15, 0.2) is 37.1 Å². The van der Waals surface area contributed by atoms with Gasteiger partial charge in [-0.25, -0.2) is 13.8 Å². The van der Waals surface area contributed by atoms with E-state index >= 15 is 0 Å². The number of hydrogen-bond donors (Lipinski definition) is 1. The van der Waals surface area contributed by atoms with Crippen LogP contribution in [0.1, 0.15) is 12.2 Å². The maximum absolute atomic E-state index is 13.8. The molecule has 0 saturated heterocycles. The Hall–Kier alpha value is -2.50. The van der Waals surface area contributed by atoms with Crippen LogP contribution in [0, 0.1) is 11.6 Å². The zero-order valence-corrected chi connectivity index (χ0v) is 11.9. The number of carbonyl (C=O) groups is 1. The minimum Gasteiger partial charge on any atom is -0.348 e. The largest absolute Gasteiger partial charge is 0.348 e. The highest BCUT2D eigenvalue weighted by atomic mass is 19.1. The summed E-state index contributed by atoms with van der Waals surface area (Å²) in [4.78, 5) is 15.8. The van der Waals surface area contributed by atoms with Crippen LogP contribution < -0.4 is 5.32 Å². The SMILES string of the molecule is C=CC(=O)N[C@H]1CCc2nc(-c3ccc(F)cc3F)cn2C1. The fourth-order valence-electron chi connectivity index (χ4n) is 2.65. The van der Waals surface area contributed by atoms with Crippen LogP contribution in [0.3, 0.4) is 0 Å². The van der Waals surface area contributed by atoms with Crippen LogP contribution in [0.4, 0.5) is 8.78 Å². The molecule has 1 aromatic carbocycles. The molecular formula is C16H15F2N3O. The van der Waals surface area contributed by atoms with E-state index in [9.17, 15) is 13.6 Å². The molecule has 1 amide bonds. The molecule has 0 spiro atoms. The first-order chi connectivity index (χ1) is 10.6. The molecule has 0 unspecified atom stereocenters. The van der Waals surface area contributed by atoms with E-state index in [-0.39, 0.29) is 17.5 Å². The fourth-order valence-corrected chi connectivity index (χ4v) is 2.65. The number of nitrogens with one attached hydrogen (secondary N) is 1. The average Bonchev–Trinajstić information content (AvgIpc) is 2.89. The predicted octanol–water partition coefficient (Wildman–Crippen LogP) is 2.45. The molecule has 0 bridgehead atoms. The second kappa shape index (κ2) is 5.71. The van der Waals surface area contributed by atoms with Crippen LogP contribution in [-0.4, -0.2) is 21.5 Å². The molecule has 1 N–H and O–H groups in total. The van der Waals surface area contributed by atoms with Gasteiger partial charge in [0.2, 0.25) is 5.91 Å². The number of aromatic nitrogens is 2. The Morgan fingerprint density at radius 2 is 2.27 bits per heavy atom. The van der Waals surface area contributed by atoms with Gasteiger partial charge in [-0.2, -0.15) is 0 Å². The highest BCUT2D eigenvalue weighted by molar-refractivity contribution is 5.87. The summed E-state index contributed by atoms with van der Waals surface area (Å²) in [5.74, 6) is -0.620. The number of hydrogen-bond acceptors (Lipinski definition) is 2. The summed E-state index contributed by atoms with van der Waals surface area (Å²) < 4.78 is 28.7. The van der Waals surface area contributed by atoms with E-state index < -0.39 is 11.6 Å². The van der Waals surface area contributed by atoms with E-state index in [1.165, 1.54) is 18.2 Å². The van der Waals surface area contributed by atoms with Gasteiger partial charge in [0.05, 0.1) is 5.69 Å². The third-order valence-corrected chi connectivity index (χ3v) is 3.73. The first kappa shape index (κ1) is 14.4. The van der Waals surface area contributed by atoms with E-state index in [1.54, 1.807) is 6.20 Å². The normalized spacial score (nSPS) is 16.9. The number of carbonyl (C=O) groups excluding carboxylic acids is 1. The van der Waals surface area contributed by atoms with Gasteiger partial charge in [0.25, 0.3) is 0 Å². The number of rotatable bonds is 3. The zero-order chi connectivity index (χ0) is 15.7. The van der Waals surface area contributed by atoms with Crippen molar-refractivity contribution in [2.24, 2.45) is 0 Å². The lowest BCUT2D eigenvalue weighted by Gasteiger charge is -2.24. The molecule has 1 aliphatic rings. The maximum atomic E-state index is 13.8. The van der Waals surface area contributed by atoms with Crippen molar-refractivity contribution in [2.45, 2.75) is 25.4 Å². The van der Waals surface area contributed by atoms with Gasteiger partial charge in [-0.1, -0.05) is 6.58 Å². The van der Waals surface area contributed by atoms with Gasteiger partial charge < -0.3 is 9.88 Å². The second-order valence-electron chi connectivity index (χ2n) is 5.27. The number of fused-ring (bicyclic) bond motifs is 1. The van der Waals surface area contributed by atoms with Crippen LogP contribution in [0.25, 0.3) is 11.3 Å². The summed E-state index contributed by atoms with van der Waals surface area (Å²) in [7, 11) is 0. The number of halogens is 2. The summed E-state index contributed by atoms with van der Waals surface area (Å²) >= 11 is 0. The standard InChI is InChI=1S/C16H15F2N3O/c1-2-16(22)19-11-4-6-15-20-14(9-21(15)8-11)12-5-3-10(17)7-13(12)18/h2-3,5,7,9,11H,1,4,6,8H2,(H,19,22)/t11-/m0/s1. The van der Waals surface area contributed by atoms with Gasteiger partial charge in [-0.3, -0.25) is 4.79 Å². The van der Waals surface area contributed by atoms with E-state index in [0.717, 1.165) is 18.3 Å². The maximum Gasteiger partial charge on any atom is 0.243 e. The quantitative estimate of drug-likeness (QED) is 0.885. The highest BCUT2D eigenvalue weighted by Crippen LogP contribution is 2.25. The second-order valence-corrected chi connectivity index (χ2v) is 5.27. The average molecular weight is 303 g/mol. The van der Waals surface area contributed by atoms with Crippen molar-refractivity contribution in [1.82, 2.24) is 14.9 Å². The molecule has 3 rings (SSSR count). The van der Waals surface area contributed by atoms with Crippen molar-refractivity contribution in [3.8, 4) is 11.3 Å². The molecule has 0 radical (unpaired) electrons. The van der Waals surface area contributed by atoms with E-state index in [2.05, 4.69) is 16.9 Å². The highest BCUT2D eigenvalue weighted by Gasteiger charge is 2.22. The van der Waals surface area contributed by atoms with Crippen LogP contribution in [0.5, 0.6) is 0 Å². The molecule has 0 aliphatic carbocycles. The Bertz CT molecular complexity index is 739. The Kier molecular flexibility index (Phi) is 3.75. The number of benzene rings is 1. The third kappa shape index (κ3) is 2.77. The smallest absolute Gasteiger partial charge is 0.243 e. The van der Waals surface area contributed by atoms with Gasteiger partial charge >= 0.3 is 0 Å². The molecule has 0 fully saturated rings. The van der Waals surface area contributed by atoms with Crippen molar-refractivity contribution in [2.75, 3.05) is 0 Å². The first-order valence-corrected chi connectivity index (χ1v) is 7.01. The fraction of sp³-hybridized carbons (Fsp3) is 0.250. The summed E-state index contributed by atoms with van der Waals surface area (Å²) in [6.45, 7) is 4.00. The van der Waals surface area contributed by atoms with Crippen molar-refractivity contribution < 1.29 is 13.6 Å². The molecule has 114 valence electrons. The number of amides is 1. The Morgan fingerprint density at radius 1 is 1.45 bits per heavy atom. The van der Waals surface area contributed by atoms with Crippen molar-refractivity contribution in [3.05, 3.63) is 54.5 Å². The van der Waals surface area contributed by atoms with E-state index in [0.29, 0.717) is 18.7 Å². The molecule has 1 aromatic heterocycles. The van der Waals surface area contributed by atoms with Gasteiger partial charge in [0.15, 0.2) is 0 Å². The first-order valence-electron chi connectivity index (χ1n) is 7.01. The zero-order valence-electron chi connectivity index (χ0n) is 11.9. The Labute approximate surface area is 126 Å². The summed E-state index contributed by atoms with van der Waals surface area (Å²) in [6, 6.07) is 3.44. The monoisotopic (exact) mass is 303 g/mol. The van der Waals surface area contributed by atoms with E-state index in [4.69, 9.17) is 0 Å².